The highest BCUT2D eigenvalue weighted by molar-refractivity contribution is 14.1. The fraction of sp³-hybridized carbons (Fsp3) is 0.429. The molecule has 0 saturated heterocycles. The van der Waals surface area contributed by atoms with Crippen molar-refractivity contribution < 1.29 is 14.7 Å². The first kappa shape index (κ1) is 15.8. The molecule has 0 spiro atoms. The largest absolute Gasteiger partial charge is 0.481 e. The number of carboxylic acids is 1. The van der Waals surface area contributed by atoms with Gasteiger partial charge in [0.2, 0.25) is 0 Å². The second-order valence-electron chi connectivity index (χ2n) is 5.10. The van der Waals surface area contributed by atoms with Gasteiger partial charge in [-0.15, -0.1) is 0 Å². The summed E-state index contributed by atoms with van der Waals surface area (Å²) in [6.45, 7) is 0.194. The Labute approximate surface area is 139 Å². The number of rotatable bonds is 4. The summed E-state index contributed by atoms with van der Waals surface area (Å²) in [6, 6.07) is 5.50. The number of hydrogen-bond donors (Lipinski definition) is 2. The fourth-order valence-corrected chi connectivity index (χ4v) is 3.45. The van der Waals surface area contributed by atoms with Crippen LogP contribution in [0.15, 0.2) is 22.7 Å². The lowest BCUT2D eigenvalue weighted by atomic mass is 9.86. The van der Waals surface area contributed by atoms with Crippen LogP contribution in [0, 0.1) is 8.99 Å². The molecule has 0 unspecified atom stereocenters. The minimum atomic E-state index is -0.808. The SMILES string of the molecule is O=C(NCC1(C(=O)O)CCCC1)c1cc(I)ccc1Br. The lowest BCUT2D eigenvalue weighted by Crippen LogP contribution is -2.41. The third kappa shape index (κ3) is 3.33. The molecule has 1 amide bonds. The summed E-state index contributed by atoms with van der Waals surface area (Å²) in [6.07, 6.45) is 3.09. The first-order valence-corrected chi connectivity index (χ1v) is 8.28. The van der Waals surface area contributed by atoms with Gasteiger partial charge in [-0.05, 0) is 69.6 Å². The van der Waals surface area contributed by atoms with Crippen LogP contribution in [-0.2, 0) is 4.79 Å². The third-order valence-electron chi connectivity index (χ3n) is 3.77. The van der Waals surface area contributed by atoms with Crippen molar-refractivity contribution in [2.75, 3.05) is 6.54 Å². The highest BCUT2D eigenvalue weighted by Gasteiger charge is 2.41. The number of aliphatic carboxylic acids is 1. The van der Waals surface area contributed by atoms with Crippen molar-refractivity contribution in [2.45, 2.75) is 25.7 Å². The topological polar surface area (TPSA) is 66.4 Å². The van der Waals surface area contributed by atoms with Crippen LogP contribution in [0.1, 0.15) is 36.0 Å². The number of amides is 1. The van der Waals surface area contributed by atoms with Crippen LogP contribution in [0.2, 0.25) is 0 Å². The number of halogens is 2. The van der Waals surface area contributed by atoms with Gasteiger partial charge in [0.15, 0.2) is 0 Å². The average Bonchev–Trinajstić information content (AvgIpc) is 2.89. The summed E-state index contributed by atoms with van der Waals surface area (Å²) in [5.41, 5.74) is -0.250. The van der Waals surface area contributed by atoms with E-state index in [1.54, 1.807) is 6.07 Å². The van der Waals surface area contributed by atoms with Gasteiger partial charge in [-0.25, -0.2) is 0 Å². The molecule has 1 saturated carbocycles. The van der Waals surface area contributed by atoms with Crippen LogP contribution in [0.4, 0.5) is 0 Å². The van der Waals surface area contributed by atoms with Gasteiger partial charge < -0.3 is 10.4 Å². The summed E-state index contributed by atoms with van der Waals surface area (Å²) in [4.78, 5) is 23.6. The minimum Gasteiger partial charge on any atom is -0.481 e. The first-order chi connectivity index (χ1) is 9.44. The molecule has 108 valence electrons. The van der Waals surface area contributed by atoms with Crippen molar-refractivity contribution >= 4 is 50.4 Å². The molecule has 6 heteroatoms. The van der Waals surface area contributed by atoms with Crippen molar-refractivity contribution in [2.24, 2.45) is 5.41 Å². The number of carbonyl (C=O) groups excluding carboxylic acids is 1. The van der Waals surface area contributed by atoms with Crippen molar-refractivity contribution in [1.29, 1.82) is 0 Å². The van der Waals surface area contributed by atoms with Gasteiger partial charge in [-0.3, -0.25) is 9.59 Å². The second kappa shape index (κ2) is 6.43. The maximum absolute atomic E-state index is 12.2. The predicted molar refractivity (Wildman–Crippen MR) is 87.7 cm³/mol. The molecule has 4 nitrogen and oxygen atoms in total. The van der Waals surface area contributed by atoms with Crippen molar-refractivity contribution in [3.8, 4) is 0 Å². The van der Waals surface area contributed by atoms with Crippen molar-refractivity contribution in [3.05, 3.63) is 31.8 Å². The Hall–Kier alpha value is -0.630. The Kier molecular flexibility index (Phi) is 5.06. The highest BCUT2D eigenvalue weighted by atomic mass is 127. The normalized spacial score (nSPS) is 16.9. The Morgan fingerprint density at radius 1 is 1.35 bits per heavy atom. The van der Waals surface area contributed by atoms with Gasteiger partial charge in [0, 0.05) is 14.6 Å². The van der Waals surface area contributed by atoms with E-state index in [9.17, 15) is 14.7 Å². The molecule has 0 aliphatic heterocycles. The average molecular weight is 452 g/mol. The van der Waals surface area contributed by atoms with Crippen LogP contribution in [0.5, 0.6) is 0 Å². The molecule has 0 bridgehead atoms. The van der Waals surface area contributed by atoms with Crippen LogP contribution in [0.3, 0.4) is 0 Å². The molecule has 1 fully saturated rings. The van der Waals surface area contributed by atoms with E-state index in [2.05, 4.69) is 43.8 Å². The summed E-state index contributed by atoms with van der Waals surface area (Å²) in [7, 11) is 0. The molecule has 0 aromatic heterocycles. The van der Waals surface area contributed by atoms with Crippen LogP contribution >= 0.6 is 38.5 Å². The molecule has 0 atom stereocenters. The Balaban J connectivity index is 2.08. The molecule has 2 rings (SSSR count). The summed E-state index contributed by atoms with van der Waals surface area (Å²) in [5, 5.41) is 12.2. The van der Waals surface area contributed by atoms with Crippen LogP contribution in [-0.4, -0.2) is 23.5 Å². The predicted octanol–water partition coefficient (Wildman–Crippen LogP) is 3.43. The fourth-order valence-electron chi connectivity index (χ4n) is 2.53. The van der Waals surface area contributed by atoms with Gasteiger partial charge in [0.05, 0.1) is 11.0 Å². The zero-order chi connectivity index (χ0) is 14.8. The van der Waals surface area contributed by atoms with E-state index in [1.807, 2.05) is 12.1 Å². The van der Waals surface area contributed by atoms with E-state index in [1.165, 1.54) is 0 Å². The molecule has 1 aromatic rings. The van der Waals surface area contributed by atoms with Crippen LogP contribution in [0.25, 0.3) is 0 Å². The zero-order valence-corrected chi connectivity index (χ0v) is 14.5. The van der Waals surface area contributed by atoms with Crippen LogP contribution < -0.4 is 5.32 Å². The molecule has 0 heterocycles. The molecule has 1 aromatic carbocycles. The lowest BCUT2D eigenvalue weighted by Gasteiger charge is -2.24. The van der Waals surface area contributed by atoms with Gasteiger partial charge in [-0.2, -0.15) is 0 Å². The smallest absolute Gasteiger partial charge is 0.311 e. The van der Waals surface area contributed by atoms with E-state index in [0.717, 1.165) is 16.4 Å². The van der Waals surface area contributed by atoms with E-state index in [0.29, 0.717) is 22.9 Å². The quantitative estimate of drug-likeness (QED) is 0.689. The van der Waals surface area contributed by atoms with E-state index in [4.69, 9.17) is 0 Å². The monoisotopic (exact) mass is 451 g/mol. The molecule has 2 N–H and O–H groups in total. The molecule has 0 radical (unpaired) electrons. The number of benzene rings is 1. The number of carbonyl (C=O) groups is 2. The maximum Gasteiger partial charge on any atom is 0.311 e. The second-order valence-corrected chi connectivity index (χ2v) is 7.20. The Morgan fingerprint density at radius 3 is 2.60 bits per heavy atom. The number of nitrogens with one attached hydrogen (secondary N) is 1. The van der Waals surface area contributed by atoms with E-state index >= 15 is 0 Å². The molecular formula is C14H15BrINO3. The summed E-state index contributed by atoms with van der Waals surface area (Å²) >= 11 is 5.49. The highest BCUT2D eigenvalue weighted by Crippen LogP contribution is 2.37. The molecule has 20 heavy (non-hydrogen) atoms. The Bertz CT molecular complexity index is 541. The third-order valence-corrected chi connectivity index (χ3v) is 5.14. The summed E-state index contributed by atoms with van der Waals surface area (Å²) < 4.78 is 1.68. The maximum atomic E-state index is 12.2. The lowest BCUT2D eigenvalue weighted by molar-refractivity contribution is -0.148. The van der Waals surface area contributed by atoms with Gasteiger partial charge in [0.25, 0.3) is 5.91 Å². The van der Waals surface area contributed by atoms with Gasteiger partial charge in [-0.1, -0.05) is 12.8 Å². The molecular weight excluding hydrogens is 437 g/mol. The van der Waals surface area contributed by atoms with Crippen molar-refractivity contribution in [1.82, 2.24) is 5.32 Å². The molecule has 1 aliphatic rings. The van der Waals surface area contributed by atoms with E-state index < -0.39 is 11.4 Å². The Morgan fingerprint density at radius 2 is 2.00 bits per heavy atom. The minimum absolute atomic E-state index is 0.194. The molecule has 1 aliphatic carbocycles. The zero-order valence-electron chi connectivity index (χ0n) is 10.8. The first-order valence-electron chi connectivity index (χ1n) is 6.41. The van der Waals surface area contributed by atoms with Crippen molar-refractivity contribution in [3.63, 3.8) is 0 Å². The standard InChI is InChI=1S/C14H15BrINO3/c15-11-4-3-9(16)7-10(11)12(18)17-8-14(13(19)20)5-1-2-6-14/h3-4,7H,1-2,5-6,8H2,(H,17,18)(H,19,20). The summed E-state index contributed by atoms with van der Waals surface area (Å²) in [5.74, 6) is -1.04. The van der Waals surface area contributed by atoms with Gasteiger partial charge in [0.1, 0.15) is 0 Å². The van der Waals surface area contributed by atoms with Gasteiger partial charge >= 0.3 is 5.97 Å². The van der Waals surface area contributed by atoms with E-state index in [-0.39, 0.29) is 12.5 Å². The number of hydrogen-bond acceptors (Lipinski definition) is 2. The number of carboxylic acid groups (broad SMARTS) is 1.